The predicted molar refractivity (Wildman–Crippen MR) is 85.1 cm³/mol. The number of piperazine rings is 1. The van der Waals surface area contributed by atoms with Gasteiger partial charge in [-0.25, -0.2) is 4.39 Å². The third-order valence-electron chi connectivity index (χ3n) is 4.22. The Morgan fingerprint density at radius 2 is 1.95 bits per heavy atom. The van der Waals surface area contributed by atoms with Gasteiger partial charge in [0.1, 0.15) is 5.82 Å². The molecule has 1 aliphatic rings. The monoisotopic (exact) mass is 302 g/mol. The lowest BCUT2D eigenvalue weighted by molar-refractivity contribution is 0.139. The van der Waals surface area contributed by atoms with Crippen molar-refractivity contribution in [2.24, 2.45) is 0 Å². The van der Waals surface area contributed by atoms with Crippen LogP contribution in [0.4, 0.5) is 4.39 Å². The first-order valence-corrected chi connectivity index (χ1v) is 7.83. The van der Waals surface area contributed by atoms with E-state index in [1.807, 2.05) is 10.9 Å². The fourth-order valence-corrected chi connectivity index (χ4v) is 2.90. The molecule has 1 aliphatic heterocycles. The molecule has 0 saturated carbocycles. The largest absolute Gasteiger partial charge is 0.311 e. The minimum absolute atomic E-state index is 0.202. The highest BCUT2D eigenvalue weighted by Gasteiger charge is 2.22. The molecule has 2 aromatic rings. The van der Waals surface area contributed by atoms with Crippen LogP contribution in [0.1, 0.15) is 25.0 Å². The Kier molecular flexibility index (Phi) is 4.55. The summed E-state index contributed by atoms with van der Waals surface area (Å²) in [4.78, 5) is 2.49. The summed E-state index contributed by atoms with van der Waals surface area (Å²) in [6.45, 7) is 8.16. The molecule has 1 aromatic carbocycles. The minimum Gasteiger partial charge on any atom is -0.311 e. The van der Waals surface area contributed by atoms with Gasteiger partial charge in [-0.3, -0.25) is 9.58 Å². The molecule has 1 fully saturated rings. The van der Waals surface area contributed by atoms with E-state index in [4.69, 9.17) is 0 Å². The van der Waals surface area contributed by atoms with Crippen molar-refractivity contribution in [2.45, 2.75) is 39.0 Å². The predicted octanol–water partition coefficient (Wildman–Crippen LogP) is 2.25. The smallest absolute Gasteiger partial charge is 0.123 e. The molecule has 1 saturated heterocycles. The van der Waals surface area contributed by atoms with Crippen LogP contribution in [0, 0.1) is 5.82 Å². The maximum absolute atomic E-state index is 12.9. The van der Waals surface area contributed by atoms with Crippen LogP contribution in [0.15, 0.2) is 36.7 Å². The average molecular weight is 302 g/mol. The second-order valence-corrected chi connectivity index (χ2v) is 6.26. The Hall–Kier alpha value is -1.72. The highest BCUT2D eigenvalue weighted by Crippen LogP contribution is 2.12. The summed E-state index contributed by atoms with van der Waals surface area (Å²) < 4.78 is 14.8. The van der Waals surface area contributed by atoms with Gasteiger partial charge in [0, 0.05) is 43.5 Å². The Morgan fingerprint density at radius 1 is 1.18 bits per heavy atom. The maximum atomic E-state index is 12.9. The number of hydrogen-bond acceptors (Lipinski definition) is 3. The minimum atomic E-state index is -0.202. The van der Waals surface area contributed by atoms with Crippen molar-refractivity contribution in [3.05, 3.63) is 53.6 Å². The maximum Gasteiger partial charge on any atom is 0.123 e. The van der Waals surface area contributed by atoms with Gasteiger partial charge in [-0.15, -0.1) is 0 Å². The van der Waals surface area contributed by atoms with Gasteiger partial charge in [0.05, 0.1) is 12.7 Å². The topological polar surface area (TPSA) is 33.1 Å². The fourth-order valence-electron chi connectivity index (χ4n) is 2.90. The van der Waals surface area contributed by atoms with Gasteiger partial charge in [0.2, 0.25) is 0 Å². The quantitative estimate of drug-likeness (QED) is 0.940. The number of nitrogens with zero attached hydrogens (tertiary/aromatic N) is 3. The van der Waals surface area contributed by atoms with E-state index in [0.717, 1.165) is 25.2 Å². The first kappa shape index (κ1) is 15.2. The molecule has 118 valence electrons. The van der Waals surface area contributed by atoms with Crippen LogP contribution in [0.2, 0.25) is 0 Å². The molecule has 2 atom stereocenters. The van der Waals surface area contributed by atoms with E-state index in [-0.39, 0.29) is 5.82 Å². The van der Waals surface area contributed by atoms with Crippen LogP contribution >= 0.6 is 0 Å². The normalized spacial score (nSPS) is 22.9. The molecule has 1 N–H and O–H groups in total. The zero-order valence-corrected chi connectivity index (χ0v) is 13.2. The molecule has 2 unspecified atom stereocenters. The lowest BCUT2D eigenvalue weighted by Crippen LogP contribution is -2.53. The number of halogens is 1. The van der Waals surface area contributed by atoms with Crippen molar-refractivity contribution in [1.29, 1.82) is 0 Å². The van der Waals surface area contributed by atoms with E-state index in [2.05, 4.69) is 35.4 Å². The Labute approximate surface area is 130 Å². The fraction of sp³-hybridized carbons (Fsp3) is 0.471. The standard InChI is InChI=1S/C17H23FN4/c1-13-9-21(14(2)7-19-13)10-16-8-20-22(12-16)11-15-3-5-17(18)6-4-15/h3-6,8,12-14,19H,7,9-11H2,1-2H3. The summed E-state index contributed by atoms with van der Waals surface area (Å²) in [6, 6.07) is 7.66. The molecule has 4 nitrogen and oxygen atoms in total. The molecule has 0 amide bonds. The van der Waals surface area contributed by atoms with Crippen molar-refractivity contribution in [3.63, 3.8) is 0 Å². The van der Waals surface area contributed by atoms with Gasteiger partial charge in [-0.1, -0.05) is 12.1 Å². The van der Waals surface area contributed by atoms with Crippen molar-refractivity contribution in [1.82, 2.24) is 20.0 Å². The van der Waals surface area contributed by atoms with E-state index in [0.29, 0.717) is 18.6 Å². The first-order valence-electron chi connectivity index (χ1n) is 7.83. The van der Waals surface area contributed by atoms with Crippen molar-refractivity contribution < 1.29 is 4.39 Å². The third-order valence-corrected chi connectivity index (χ3v) is 4.22. The Morgan fingerprint density at radius 3 is 2.73 bits per heavy atom. The molecule has 0 spiro atoms. The molecule has 0 bridgehead atoms. The van der Waals surface area contributed by atoms with Crippen LogP contribution in [-0.2, 0) is 13.1 Å². The molecule has 5 heteroatoms. The highest BCUT2D eigenvalue weighted by molar-refractivity contribution is 5.17. The Balaban J connectivity index is 1.62. The number of aromatic nitrogens is 2. The van der Waals surface area contributed by atoms with Crippen molar-refractivity contribution in [2.75, 3.05) is 13.1 Å². The van der Waals surface area contributed by atoms with Crippen molar-refractivity contribution >= 4 is 0 Å². The molecule has 2 heterocycles. The molecule has 3 rings (SSSR count). The number of nitrogens with one attached hydrogen (secondary N) is 1. The van der Waals surface area contributed by atoms with Gasteiger partial charge in [-0.05, 0) is 31.5 Å². The molecule has 22 heavy (non-hydrogen) atoms. The summed E-state index contributed by atoms with van der Waals surface area (Å²) in [7, 11) is 0. The van der Waals surface area contributed by atoms with Gasteiger partial charge in [-0.2, -0.15) is 5.10 Å². The molecular weight excluding hydrogens is 279 g/mol. The molecular formula is C17H23FN4. The van der Waals surface area contributed by atoms with Crippen LogP contribution in [0.25, 0.3) is 0 Å². The van der Waals surface area contributed by atoms with E-state index < -0.39 is 0 Å². The molecule has 0 radical (unpaired) electrons. The third kappa shape index (κ3) is 3.72. The summed E-state index contributed by atoms with van der Waals surface area (Å²) >= 11 is 0. The second kappa shape index (κ2) is 6.58. The zero-order chi connectivity index (χ0) is 15.5. The van der Waals surface area contributed by atoms with Crippen LogP contribution < -0.4 is 5.32 Å². The molecule has 0 aliphatic carbocycles. The van der Waals surface area contributed by atoms with Crippen LogP contribution in [0.3, 0.4) is 0 Å². The number of hydrogen-bond donors (Lipinski definition) is 1. The van der Waals surface area contributed by atoms with Gasteiger partial charge < -0.3 is 5.32 Å². The first-order chi connectivity index (χ1) is 10.6. The number of rotatable bonds is 4. The number of benzene rings is 1. The van der Waals surface area contributed by atoms with Gasteiger partial charge >= 0.3 is 0 Å². The summed E-state index contributed by atoms with van der Waals surface area (Å²) in [5, 5.41) is 7.92. The Bertz CT molecular complexity index is 607. The summed E-state index contributed by atoms with van der Waals surface area (Å²) in [5.41, 5.74) is 2.28. The van der Waals surface area contributed by atoms with E-state index >= 15 is 0 Å². The highest BCUT2D eigenvalue weighted by atomic mass is 19.1. The van der Waals surface area contributed by atoms with E-state index in [1.54, 1.807) is 12.1 Å². The lowest BCUT2D eigenvalue weighted by atomic mass is 10.1. The second-order valence-electron chi connectivity index (χ2n) is 6.26. The van der Waals surface area contributed by atoms with Crippen molar-refractivity contribution in [3.8, 4) is 0 Å². The summed E-state index contributed by atoms with van der Waals surface area (Å²) in [5.74, 6) is -0.202. The van der Waals surface area contributed by atoms with E-state index in [9.17, 15) is 4.39 Å². The van der Waals surface area contributed by atoms with Crippen LogP contribution in [-0.4, -0.2) is 39.9 Å². The lowest BCUT2D eigenvalue weighted by Gasteiger charge is -2.37. The van der Waals surface area contributed by atoms with Gasteiger partial charge in [0.15, 0.2) is 0 Å². The SMILES string of the molecule is CC1CN(Cc2cnn(Cc3ccc(F)cc3)c2)C(C)CN1. The van der Waals surface area contributed by atoms with Gasteiger partial charge in [0.25, 0.3) is 0 Å². The van der Waals surface area contributed by atoms with E-state index in [1.165, 1.54) is 17.7 Å². The molecule has 1 aromatic heterocycles. The summed E-state index contributed by atoms with van der Waals surface area (Å²) in [6.07, 6.45) is 4.02. The average Bonchev–Trinajstić information content (AvgIpc) is 2.93. The van der Waals surface area contributed by atoms with Crippen LogP contribution in [0.5, 0.6) is 0 Å². The zero-order valence-electron chi connectivity index (χ0n) is 13.2.